The van der Waals surface area contributed by atoms with Gasteiger partial charge < -0.3 is 14.1 Å². The molecular formula is C48H31BN2O. The van der Waals surface area contributed by atoms with Crippen molar-refractivity contribution < 1.29 is 4.74 Å². The predicted molar refractivity (Wildman–Crippen MR) is 217 cm³/mol. The molecule has 9 aromatic rings. The van der Waals surface area contributed by atoms with Crippen LogP contribution in [0.15, 0.2) is 188 Å². The molecule has 0 bridgehead atoms. The lowest BCUT2D eigenvalue weighted by Gasteiger charge is -2.43. The average molecular weight is 663 g/mol. The Hall–Kier alpha value is -6.78. The van der Waals surface area contributed by atoms with E-state index < -0.39 is 0 Å². The molecule has 8 aromatic carbocycles. The van der Waals surface area contributed by atoms with Crippen LogP contribution in [-0.2, 0) is 0 Å². The molecule has 0 radical (unpaired) electrons. The Labute approximate surface area is 302 Å². The summed E-state index contributed by atoms with van der Waals surface area (Å²) in [6, 6.07) is 67.8. The maximum Gasteiger partial charge on any atom is 0.336 e. The van der Waals surface area contributed by atoms with Crippen LogP contribution in [0.4, 0.5) is 11.4 Å². The molecule has 2 aliphatic rings. The van der Waals surface area contributed by atoms with Crippen LogP contribution in [-0.4, -0.2) is 11.4 Å². The Morgan fingerprint density at radius 1 is 0.404 bits per heavy atom. The van der Waals surface area contributed by atoms with E-state index in [-0.39, 0.29) is 6.85 Å². The normalized spacial score (nSPS) is 12.7. The fourth-order valence-corrected chi connectivity index (χ4v) is 8.60. The average Bonchev–Trinajstić information content (AvgIpc) is 3.55. The third kappa shape index (κ3) is 4.28. The molecule has 0 saturated carbocycles. The van der Waals surface area contributed by atoms with Crippen LogP contribution >= 0.6 is 0 Å². The smallest absolute Gasteiger partial charge is 0.336 e. The van der Waals surface area contributed by atoms with Crippen molar-refractivity contribution in [1.82, 2.24) is 4.57 Å². The monoisotopic (exact) mass is 662 g/mol. The molecule has 0 saturated heterocycles. The molecule has 0 fully saturated rings. The van der Waals surface area contributed by atoms with Crippen molar-refractivity contribution in [2.24, 2.45) is 0 Å². The fourth-order valence-electron chi connectivity index (χ4n) is 8.60. The van der Waals surface area contributed by atoms with E-state index in [1.165, 1.54) is 60.8 Å². The largest absolute Gasteiger partial charge is 0.458 e. The van der Waals surface area contributed by atoms with Gasteiger partial charge >= 0.3 is 6.85 Å². The first-order valence-electron chi connectivity index (χ1n) is 17.9. The number of para-hydroxylation sites is 4. The Balaban J connectivity index is 1.19. The maximum atomic E-state index is 7.12. The van der Waals surface area contributed by atoms with Gasteiger partial charge in [0, 0.05) is 50.5 Å². The number of anilines is 2. The van der Waals surface area contributed by atoms with Crippen LogP contribution in [0.25, 0.3) is 60.9 Å². The van der Waals surface area contributed by atoms with Crippen LogP contribution in [0.1, 0.15) is 0 Å². The molecule has 0 N–H and O–H groups in total. The zero-order valence-corrected chi connectivity index (χ0v) is 28.3. The van der Waals surface area contributed by atoms with Gasteiger partial charge in [-0.05, 0) is 70.2 Å². The van der Waals surface area contributed by atoms with Crippen molar-refractivity contribution in [2.45, 2.75) is 0 Å². The lowest BCUT2D eigenvalue weighted by atomic mass is 9.44. The van der Waals surface area contributed by atoms with Gasteiger partial charge in [-0.2, -0.15) is 0 Å². The van der Waals surface area contributed by atoms with Gasteiger partial charge in [0.15, 0.2) is 0 Å². The second kappa shape index (κ2) is 11.4. The van der Waals surface area contributed by atoms with E-state index in [1.807, 2.05) is 0 Å². The van der Waals surface area contributed by atoms with Crippen molar-refractivity contribution >= 4 is 51.0 Å². The van der Waals surface area contributed by atoms with Crippen LogP contribution < -0.4 is 20.5 Å². The molecule has 4 heteroatoms. The van der Waals surface area contributed by atoms with Crippen molar-refractivity contribution in [2.75, 3.05) is 4.81 Å². The van der Waals surface area contributed by atoms with Crippen molar-refractivity contribution in [3.63, 3.8) is 0 Å². The van der Waals surface area contributed by atoms with Gasteiger partial charge in [0.2, 0.25) is 0 Å². The summed E-state index contributed by atoms with van der Waals surface area (Å²) in [5.74, 6) is 1.76. The van der Waals surface area contributed by atoms with Crippen LogP contribution in [0.3, 0.4) is 0 Å². The summed E-state index contributed by atoms with van der Waals surface area (Å²) >= 11 is 0. The summed E-state index contributed by atoms with van der Waals surface area (Å²) in [5, 5.41) is 2.48. The molecule has 0 amide bonds. The summed E-state index contributed by atoms with van der Waals surface area (Å²) in [6.45, 7) is -0.120. The minimum atomic E-state index is -0.120. The van der Waals surface area contributed by atoms with Gasteiger partial charge in [0.25, 0.3) is 0 Å². The zero-order chi connectivity index (χ0) is 34.2. The Morgan fingerprint density at radius 3 is 1.69 bits per heavy atom. The Bertz CT molecular complexity index is 2790. The zero-order valence-electron chi connectivity index (χ0n) is 28.3. The minimum Gasteiger partial charge on any atom is -0.458 e. The first kappa shape index (κ1) is 29.0. The summed E-state index contributed by atoms with van der Waals surface area (Å²) in [6.07, 6.45) is 0. The molecule has 0 atom stereocenters. The fraction of sp³-hybridized carbons (Fsp3) is 0. The number of fused-ring (bicyclic) bond motifs is 7. The molecule has 52 heavy (non-hydrogen) atoms. The number of benzene rings is 8. The summed E-state index contributed by atoms with van der Waals surface area (Å²) in [4.78, 5) is 2.55. The Kier molecular flexibility index (Phi) is 6.35. The third-order valence-electron chi connectivity index (χ3n) is 10.8. The summed E-state index contributed by atoms with van der Waals surface area (Å²) < 4.78 is 9.49. The van der Waals surface area contributed by atoms with E-state index in [0.29, 0.717) is 0 Å². The minimum absolute atomic E-state index is 0.120. The molecule has 242 valence electrons. The highest BCUT2D eigenvalue weighted by Crippen LogP contribution is 2.47. The molecule has 2 aliphatic heterocycles. The highest BCUT2D eigenvalue weighted by atomic mass is 16.5. The van der Waals surface area contributed by atoms with E-state index in [0.717, 1.165) is 33.9 Å². The lowest BCUT2D eigenvalue weighted by Crippen LogP contribution is -2.59. The second-order valence-corrected chi connectivity index (χ2v) is 13.7. The van der Waals surface area contributed by atoms with Gasteiger partial charge in [-0.25, -0.2) is 0 Å². The van der Waals surface area contributed by atoms with Crippen molar-refractivity contribution in [3.05, 3.63) is 188 Å². The number of rotatable bonds is 4. The number of nitrogens with zero attached hydrogens (tertiary/aromatic N) is 2. The quantitative estimate of drug-likeness (QED) is 0.175. The van der Waals surface area contributed by atoms with Gasteiger partial charge in [-0.3, -0.25) is 0 Å². The third-order valence-corrected chi connectivity index (χ3v) is 10.8. The van der Waals surface area contributed by atoms with E-state index in [2.05, 4.69) is 197 Å². The van der Waals surface area contributed by atoms with Gasteiger partial charge in [0.05, 0.1) is 11.0 Å². The maximum absolute atomic E-state index is 7.12. The topological polar surface area (TPSA) is 17.4 Å². The SMILES string of the molecule is c1ccc(-c2cc3c4c(c2)-c2ccccc2N(c2ccccc2-c2ccccc2)B4c2ccc(-n4c5ccccc5c5ccccc54)cc2O3)cc1. The molecule has 1 aromatic heterocycles. The summed E-state index contributed by atoms with van der Waals surface area (Å²) in [5.41, 5.74) is 15.2. The standard InChI is InChI=1S/C48H31BN2O/c1-3-15-32(16-4-1)34-29-40-39-22-10-14-26-45(39)51(44-25-13-7-19-36(44)33-17-5-2-6-18-33)49-41-28-27-35(31-46(41)52-47(30-34)48(40)49)50-42-23-11-8-20-37(42)38-21-9-12-24-43(38)50/h1-31H. The molecule has 0 unspecified atom stereocenters. The van der Waals surface area contributed by atoms with Crippen LogP contribution in [0, 0.1) is 0 Å². The van der Waals surface area contributed by atoms with E-state index in [1.54, 1.807) is 0 Å². The second-order valence-electron chi connectivity index (χ2n) is 13.7. The lowest BCUT2D eigenvalue weighted by molar-refractivity contribution is 0.487. The Morgan fingerprint density at radius 2 is 0.981 bits per heavy atom. The van der Waals surface area contributed by atoms with Gasteiger partial charge in [-0.1, -0.05) is 140 Å². The molecule has 3 heterocycles. The van der Waals surface area contributed by atoms with Gasteiger partial charge in [-0.15, -0.1) is 0 Å². The molecule has 0 spiro atoms. The van der Waals surface area contributed by atoms with Crippen molar-refractivity contribution in [1.29, 1.82) is 0 Å². The number of aromatic nitrogens is 1. The number of hydrogen-bond donors (Lipinski definition) is 0. The first-order valence-corrected chi connectivity index (χ1v) is 17.9. The molecule has 0 aliphatic carbocycles. The highest BCUT2D eigenvalue weighted by molar-refractivity contribution is 6.92. The van der Waals surface area contributed by atoms with Crippen LogP contribution in [0.5, 0.6) is 11.5 Å². The molecule has 3 nitrogen and oxygen atoms in total. The number of hydrogen-bond acceptors (Lipinski definition) is 2. The van der Waals surface area contributed by atoms with E-state index in [4.69, 9.17) is 4.74 Å². The first-order chi connectivity index (χ1) is 25.8. The highest BCUT2D eigenvalue weighted by Gasteiger charge is 2.44. The molecule has 11 rings (SSSR count). The summed E-state index contributed by atoms with van der Waals surface area (Å²) in [7, 11) is 0. The molecular weight excluding hydrogens is 631 g/mol. The van der Waals surface area contributed by atoms with E-state index >= 15 is 0 Å². The predicted octanol–water partition coefficient (Wildman–Crippen LogP) is 11.1. The van der Waals surface area contributed by atoms with Crippen molar-refractivity contribution in [3.8, 4) is 50.6 Å². The number of ether oxygens (including phenoxy) is 1. The van der Waals surface area contributed by atoms with E-state index in [9.17, 15) is 0 Å². The van der Waals surface area contributed by atoms with Crippen LogP contribution in [0.2, 0.25) is 0 Å². The van der Waals surface area contributed by atoms with Gasteiger partial charge in [0.1, 0.15) is 11.5 Å².